The zero-order valence-electron chi connectivity index (χ0n) is 12.3. The lowest BCUT2D eigenvalue weighted by molar-refractivity contribution is -0.122. The van der Waals surface area contributed by atoms with Gasteiger partial charge in [-0.3, -0.25) is 4.79 Å². The van der Waals surface area contributed by atoms with E-state index in [9.17, 15) is 4.79 Å². The first kappa shape index (κ1) is 15.6. The molecule has 0 bridgehead atoms. The largest absolute Gasteiger partial charge is 0.481 e. The molecule has 0 aliphatic rings. The van der Waals surface area contributed by atoms with Gasteiger partial charge in [-0.2, -0.15) is 0 Å². The normalized spacial score (nSPS) is 11.8. The summed E-state index contributed by atoms with van der Waals surface area (Å²) < 4.78 is 6.59. The van der Waals surface area contributed by atoms with Crippen molar-refractivity contribution in [2.45, 2.75) is 26.9 Å². The van der Waals surface area contributed by atoms with Gasteiger partial charge in [-0.25, -0.2) is 0 Å². The Morgan fingerprint density at radius 2 is 1.76 bits per heavy atom. The number of anilines is 1. The van der Waals surface area contributed by atoms with Crippen LogP contribution in [0, 0.1) is 13.8 Å². The fourth-order valence-corrected chi connectivity index (χ4v) is 2.41. The van der Waals surface area contributed by atoms with E-state index >= 15 is 0 Å². The van der Waals surface area contributed by atoms with E-state index < -0.39 is 6.10 Å². The Morgan fingerprint density at radius 1 is 1.14 bits per heavy atom. The number of para-hydroxylation sites is 1. The van der Waals surface area contributed by atoms with Gasteiger partial charge in [0.2, 0.25) is 0 Å². The lowest BCUT2D eigenvalue weighted by atomic mass is 10.1. The first-order chi connectivity index (χ1) is 9.97. The van der Waals surface area contributed by atoms with Gasteiger partial charge in [-0.05, 0) is 50.1 Å². The number of halogens is 1. The number of nitrogens with one attached hydrogen (secondary N) is 1. The highest BCUT2D eigenvalue weighted by molar-refractivity contribution is 9.10. The summed E-state index contributed by atoms with van der Waals surface area (Å²) in [6.07, 6.45) is -0.571. The second-order valence-corrected chi connectivity index (χ2v) is 5.89. The van der Waals surface area contributed by atoms with Gasteiger partial charge in [0.15, 0.2) is 6.10 Å². The Bertz CT molecular complexity index is 635. The minimum Gasteiger partial charge on any atom is -0.481 e. The van der Waals surface area contributed by atoms with Crippen molar-refractivity contribution >= 4 is 27.5 Å². The van der Waals surface area contributed by atoms with Crippen LogP contribution in [0.25, 0.3) is 0 Å². The molecular formula is C17H18BrNO2. The number of aryl methyl sites for hydroxylation is 2. The van der Waals surface area contributed by atoms with Crippen LogP contribution in [0.3, 0.4) is 0 Å². The minimum atomic E-state index is -0.571. The van der Waals surface area contributed by atoms with Crippen molar-refractivity contribution in [1.29, 1.82) is 0 Å². The van der Waals surface area contributed by atoms with E-state index in [1.54, 1.807) is 6.92 Å². The van der Waals surface area contributed by atoms with Crippen LogP contribution in [-0.2, 0) is 4.79 Å². The number of benzene rings is 2. The quantitative estimate of drug-likeness (QED) is 0.885. The molecule has 21 heavy (non-hydrogen) atoms. The maximum absolute atomic E-state index is 12.3. The molecule has 4 heteroatoms. The highest BCUT2D eigenvalue weighted by Crippen LogP contribution is 2.21. The van der Waals surface area contributed by atoms with Crippen molar-refractivity contribution in [3.63, 3.8) is 0 Å². The van der Waals surface area contributed by atoms with Crippen LogP contribution in [0.15, 0.2) is 46.9 Å². The molecule has 1 atom stereocenters. The van der Waals surface area contributed by atoms with Crippen LogP contribution in [0.5, 0.6) is 5.75 Å². The molecule has 3 nitrogen and oxygen atoms in total. The minimum absolute atomic E-state index is 0.160. The van der Waals surface area contributed by atoms with Gasteiger partial charge in [0.05, 0.1) is 0 Å². The first-order valence-corrected chi connectivity index (χ1v) is 7.56. The highest BCUT2D eigenvalue weighted by Gasteiger charge is 2.16. The third-order valence-electron chi connectivity index (χ3n) is 3.21. The molecule has 0 aliphatic carbocycles. The summed E-state index contributed by atoms with van der Waals surface area (Å²) >= 11 is 3.38. The number of amides is 1. The van der Waals surface area contributed by atoms with Gasteiger partial charge in [-0.1, -0.05) is 40.2 Å². The average Bonchev–Trinajstić information content (AvgIpc) is 2.43. The third-order valence-corrected chi connectivity index (χ3v) is 3.70. The summed E-state index contributed by atoms with van der Waals surface area (Å²) in [5, 5.41) is 2.94. The second kappa shape index (κ2) is 6.76. The predicted molar refractivity (Wildman–Crippen MR) is 88.8 cm³/mol. The Kier molecular flexibility index (Phi) is 5.02. The molecule has 1 unspecified atom stereocenters. The Balaban J connectivity index is 2.06. The van der Waals surface area contributed by atoms with E-state index in [2.05, 4.69) is 21.2 Å². The van der Waals surface area contributed by atoms with Gasteiger partial charge >= 0.3 is 0 Å². The number of ether oxygens (including phenoxy) is 1. The Labute approximate surface area is 133 Å². The van der Waals surface area contributed by atoms with Crippen molar-refractivity contribution in [3.8, 4) is 5.75 Å². The van der Waals surface area contributed by atoms with Crippen molar-refractivity contribution < 1.29 is 9.53 Å². The summed E-state index contributed by atoms with van der Waals surface area (Å²) in [5.41, 5.74) is 2.93. The van der Waals surface area contributed by atoms with E-state index in [0.717, 1.165) is 21.3 Å². The summed E-state index contributed by atoms with van der Waals surface area (Å²) in [6, 6.07) is 13.4. The van der Waals surface area contributed by atoms with Crippen LogP contribution in [0.4, 0.5) is 5.69 Å². The molecule has 1 N–H and O–H groups in total. The van der Waals surface area contributed by atoms with Crippen LogP contribution in [0.2, 0.25) is 0 Å². The van der Waals surface area contributed by atoms with Gasteiger partial charge in [0.25, 0.3) is 5.91 Å². The van der Waals surface area contributed by atoms with Crippen molar-refractivity contribution in [2.75, 3.05) is 5.32 Å². The molecule has 0 aliphatic heterocycles. The standard InChI is InChI=1S/C17H18BrNO2/c1-11-6-4-7-12(2)16(11)19-17(20)13(3)21-15-9-5-8-14(18)10-15/h4-10,13H,1-3H3,(H,19,20). The van der Waals surface area contributed by atoms with Gasteiger partial charge in [0, 0.05) is 10.2 Å². The molecule has 2 rings (SSSR count). The van der Waals surface area contributed by atoms with E-state index in [-0.39, 0.29) is 5.91 Å². The third kappa shape index (κ3) is 4.08. The number of carbonyl (C=O) groups excluding carboxylic acids is 1. The van der Waals surface area contributed by atoms with Crippen LogP contribution < -0.4 is 10.1 Å². The Hall–Kier alpha value is -1.81. The van der Waals surface area contributed by atoms with E-state index in [0.29, 0.717) is 5.75 Å². The SMILES string of the molecule is Cc1cccc(C)c1NC(=O)C(C)Oc1cccc(Br)c1. The van der Waals surface area contributed by atoms with E-state index in [4.69, 9.17) is 4.74 Å². The maximum Gasteiger partial charge on any atom is 0.265 e. The molecule has 0 radical (unpaired) electrons. The van der Waals surface area contributed by atoms with E-state index in [1.165, 1.54) is 0 Å². The monoisotopic (exact) mass is 347 g/mol. The highest BCUT2D eigenvalue weighted by atomic mass is 79.9. The number of hydrogen-bond acceptors (Lipinski definition) is 2. The summed E-state index contributed by atoms with van der Waals surface area (Å²) in [7, 11) is 0. The van der Waals surface area contributed by atoms with E-state index in [1.807, 2.05) is 56.3 Å². The molecule has 0 aromatic heterocycles. The molecule has 0 fully saturated rings. The first-order valence-electron chi connectivity index (χ1n) is 6.76. The van der Waals surface area contributed by atoms with Crippen molar-refractivity contribution in [3.05, 3.63) is 58.1 Å². The summed E-state index contributed by atoms with van der Waals surface area (Å²) in [5.74, 6) is 0.501. The molecule has 0 spiro atoms. The number of hydrogen-bond donors (Lipinski definition) is 1. The molecular weight excluding hydrogens is 330 g/mol. The van der Waals surface area contributed by atoms with Gasteiger partial charge < -0.3 is 10.1 Å². The lowest BCUT2D eigenvalue weighted by Gasteiger charge is -2.17. The Morgan fingerprint density at radius 3 is 2.38 bits per heavy atom. The summed E-state index contributed by atoms with van der Waals surface area (Å²) in [6.45, 7) is 5.69. The van der Waals surface area contributed by atoms with Crippen molar-refractivity contribution in [1.82, 2.24) is 0 Å². The molecule has 0 saturated heterocycles. The number of carbonyl (C=O) groups is 1. The predicted octanol–water partition coefficient (Wildman–Crippen LogP) is 4.47. The van der Waals surface area contributed by atoms with Gasteiger partial charge in [0.1, 0.15) is 5.75 Å². The lowest BCUT2D eigenvalue weighted by Crippen LogP contribution is -2.30. The smallest absolute Gasteiger partial charge is 0.265 e. The average molecular weight is 348 g/mol. The van der Waals surface area contributed by atoms with Gasteiger partial charge in [-0.15, -0.1) is 0 Å². The number of rotatable bonds is 4. The fourth-order valence-electron chi connectivity index (χ4n) is 2.03. The van der Waals surface area contributed by atoms with Crippen LogP contribution in [0.1, 0.15) is 18.1 Å². The van der Waals surface area contributed by atoms with Crippen LogP contribution in [-0.4, -0.2) is 12.0 Å². The molecule has 2 aromatic rings. The molecule has 0 heterocycles. The maximum atomic E-state index is 12.3. The molecule has 1 amide bonds. The zero-order valence-corrected chi connectivity index (χ0v) is 13.9. The van der Waals surface area contributed by atoms with Crippen LogP contribution >= 0.6 is 15.9 Å². The topological polar surface area (TPSA) is 38.3 Å². The second-order valence-electron chi connectivity index (χ2n) is 4.97. The molecule has 0 saturated carbocycles. The molecule has 110 valence electrons. The van der Waals surface area contributed by atoms with Crippen molar-refractivity contribution in [2.24, 2.45) is 0 Å². The zero-order chi connectivity index (χ0) is 15.4. The summed E-state index contributed by atoms with van der Waals surface area (Å²) in [4.78, 5) is 12.3. The fraction of sp³-hybridized carbons (Fsp3) is 0.235. The molecule has 2 aromatic carbocycles.